The maximum atomic E-state index is 11.2. The number of likely N-dealkylation sites (N-methyl/N-ethyl adjacent to an activating group) is 1. The van der Waals surface area contributed by atoms with Crippen LogP contribution in [0.25, 0.3) is 10.9 Å². The van der Waals surface area contributed by atoms with E-state index in [9.17, 15) is 10.2 Å². The van der Waals surface area contributed by atoms with Crippen LogP contribution in [0.15, 0.2) is 42.7 Å². The minimum absolute atomic E-state index is 0.0462. The van der Waals surface area contributed by atoms with E-state index < -0.39 is 5.60 Å². The molecule has 1 aliphatic heterocycles. The van der Waals surface area contributed by atoms with Gasteiger partial charge in [0.2, 0.25) is 0 Å². The van der Waals surface area contributed by atoms with Gasteiger partial charge in [0, 0.05) is 48.5 Å². The molecule has 0 radical (unpaired) electrons. The molecule has 0 amide bonds. The zero-order chi connectivity index (χ0) is 19.0. The lowest BCUT2D eigenvalue weighted by molar-refractivity contribution is 0.0387. The second-order valence-corrected chi connectivity index (χ2v) is 7.83. The summed E-state index contributed by atoms with van der Waals surface area (Å²) < 4.78 is 2.28. The quantitative estimate of drug-likeness (QED) is 0.746. The Hall–Kier alpha value is -2.21. The van der Waals surface area contributed by atoms with Gasteiger partial charge >= 0.3 is 0 Å². The summed E-state index contributed by atoms with van der Waals surface area (Å²) in [6.45, 7) is 4.44. The van der Waals surface area contributed by atoms with Crippen molar-refractivity contribution in [1.29, 1.82) is 0 Å². The number of hydrogen-bond acceptors (Lipinski definition) is 4. The van der Waals surface area contributed by atoms with Crippen molar-refractivity contribution >= 4 is 10.9 Å². The Labute approximate surface area is 159 Å². The average molecular weight is 365 g/mol. The third kappa shape index (κ3) is 3.38. The van der Waals surface area contributed by atoms with Crippen LogP contribution in [-0.2, 0) is 31.6 Å². The van der Waals surface area contributed by atoms with E-state index in [2.05, 4.69) is 33.6 Å². The molecule has 4 rings (SSSR count). The van der Waals surface area contributed by atoms with Gasteiger partial charge in [-0.3, -0.25) is 4.98 Å². The molecule has 0 bridgehead atoms. The van der Waals surface area contributed by atoms with Crippen molar-refractivity contribution in [2.24, 2.45) is 0 Å². The Kier molecular flexibility index (Phi) is 4.76. The molecule has 2 N–H and O–H groups in total. The summed E-state index contributed by atoms with van der Waals surface area (Å²) in [7, 11) is 2.16. The monoisotopic (exact) mass is 365 g/mol. The lowest BCUT2D eigenvalue weighted by Gasteiger charge is -2.26. The molecule has 1 unspecified atom stereocenters. The number of hydrogen-bond donors (Lipinski definition) is 2. The lowest BCUT2D eigenvalue weighted by Crippen LogP contribution is -2.29. The largest absolute Gasteiger partial charge is 0.392 e. The minimum atomic E-state index is -0.990. The van der Waals surface area contributed by atoms with Gasteiger partial charge in [-0.2, -0.15) is 0 Å². The first-order valence-electron chi connectivity index (χ1n) is 9.55. The highest BCUT2D eigenvalue weighted by atomic mass is 16.3. The number of fused-ring (bicyclic) bond motifs is 3. The van der Waals surface area contributed by atoms with Crippen LogP contribution in [0.1, 0.15) is 29.3 Å². The highest BCUT2D eigenvalue weighted by Crippen LogP contribution is 2.33. The summed E-state index contributed by atoms with van der Waals surface area (Å²) in [4.78, 5) is 6.42. The molecule has 142 valence electrons. The predicted molar refractivity (Wildman–Crippen MR) is 107 cm³/mol. The van der Waals surface area contributed by atoms with Crippen LogP contribution in [0.3, 0.4) is 0 Å². The van der Waals surface area contributed by atoms with Crippen LogP contribution in [0, 0.1) is 0 Å². The lowest BCUT2D eigenvalue weighted by atomic mass is 9.97. The molecule has 0 saturated heterocycles. The SMILES string of the molecule is CN1CCc2c(n(CC(C)(O)c3ccncc3)c3ccc(CO)cc23)CC1. The van der Waals surface area contributed by atoms with Crippen LogP contribution in [0.2, 0.25) is 0 Å². The van der Waals surface area contributed by atoms with Crippen LogP contribution in [0.5, 0.6) is 0 Å². The van der Waals surface area contributed by atoms with E-state index >= 15 is 0 Å². The van der Waals surface area contributed by atoms with Crippen molar-refractivity contribution in [3.05, 3.63) is 65.1 Å². The molecule has 0 fully saturated rings. The first kappa shape index (κ1) is 18.2. The highest BCUT2D eigenvalue weighted by Gasteiger charge is 2.28. The molecule has 2 aromatic heterocycles. The zero-order valence-corrected chi connectivity index (χ0v) is 16.0. The van der Waals surface area contributed by atoms with E-state index in [0.717, 1.165) is 42.6 Å². The second-order valence-electron chi connectivity index (χ2n) is 7.83. The molecular formula is C22H27N3O2. The molecular weight excluding hydrogens is 338 g/mol. The number of aliphatic hydroxyl groups is 2. The number of pyridine rings is 1. The van der Waals surface area contributed by atoms with Crippen LogP contribution >= 0.6 is 0 Å². The second kappa shape index (κ2) is 7.08. The Morgan fingerprint density at radius 3 is 2.59 bits per heavy atom. The predicted octanol–water partition coefficient (Wildman–Crippen LogP) is 2.47. The normalized spacial score (nSPS) is 17.5. The van der Waals surface area contributed by atoms with Gasteiger partial charge in [0.05, 0.1) is 13.2 Å². The van der Waals surface area contributed by atoms with E-state index in [0.29, 0.717) is 6.54 Å². The number of nitrogens with zero attached hydrogens (tertiary/aromatic N) is 3. The number of benzene rings is 1. The third-order valence-electron chi connectivity index (χ3n) is 5.78. The summed E-state index contributed by atoms with van der Waals surface area (Å²) in [5.74, 6) is 0. The van der Waals surface area contributed by atoms with E-state index in [-0.39, 0.29) is 6.61 Å². The van der Waals surface area contributed by atoms with Gasteiger partial charge in [0.15, 0.2) is 0 Å². The molecule has 5 heteroatoms. The summed E-state index contributed by atoms with van der Waals surface area (Å²) in [6, 6.07) is 9.93. The number of rotatable bonds is 4. The van der Waals surface area contributed by atoms with Crippen molar-refractivity contribution < 1.29 is 10.2 Å². The smallest absolute Gasteiger partial charge is 0.105 e. The maximum Gasteiger partial charge on any atom is 0.105 e. The molecule has 27 heavy (non-hydrogen) atoms. The molecule has 5 nitrogen and oxygen atoms in total. The third-order valence-corrected chi connectivity index (χ3v) is 5.78. The van der Waals surface area contributed by atoms with Crippen LogP contribution in [0.4, 0.5) is 0 Å². The van der Waals surface area contributed by atoms with Crippen LogP contribution < -0.4 is 0 Å². The first-order chi connectivity index (χ1) is 13.0. The Balaban J connectivity index is 1.84. The van der Waals surface area contributed by atoms with Gasteiger partial charge < -0.3 is 19.7 Å². The summed E-state index contributed by atoms with van der Waals surface area (Å²) >= 11 is 0. The van der Waals surface area contributed by atoms with Crippen molar-refractivity contribution in [2.45, 2.75) is 38.5 Å². The van der Waals surface area contributed by atoms with E-state index in [1.807, 2.05) is 25.1 Å². The molecule has 1 aromatic carbocycles. The Morgan fingerprint density at radius 2 is 1.85 bits per heavy atom. The van der Waals surface area contributed by atoms with Gasteiger partial charge in [-0.05, 0) is 61.3 Å². The van der Waals surface area contributed by atoms with Gasteiger partial charge in [0.1, 0.15) is 5.60 Å². The number of aromatic nitrogens is 2. The minimum Gasteiger partial charge on any atom is -0.392 e. The highest BCUT2D eigenvalue weighted by molar-refractivity contribution is 5.86. The van der Waals surface area contributed by atoms with E-state index in [4.69, 9.17) is 0 Å². The molecule has 1 atom stereocenters. The Morgan fingerprint density at radius 1 is 1.11 bits per heavy atom. The zero-order valence-electron chi connectivity index (χ0n) is 16.0. The number of aliphatic hydroxyl groups excluding tert-OH is 1. The molecule has 0 saturated carbocycles. The Bertz CT molecular complexity index is 947. The van der Waals surface area contributed by atoms with Crippen molar-refractivity contribution in [2.75, 3.05) is 20.1 Å². The fraction of sp³-hybridized carbons (Fsp3) is 0.409. The van der Waals surface area contributed by atoms with Gasteiger partial charge in [-0.1, -0.05) is 6.07 Å². The molecule has 0 aliphatic carbocycles. The maximum absolute atomic E-state index is 11.2. The summed E-state index contributed by atoms with van der Waals surface area (Å²) in [5, 5.41) is 22.0. The average Bonchev–Trinajstić information content (AvgIpc) is 2.82. The fourth-order valence-corrected chi connectivity index (χ4v) is 4.19. The molecule has 0 spiro atoms. The molecule has 3 heterocycles. The van der Waals surface area contributed by atoms with Gasteiger partial charge in [-0.25, -0.2) is 0 Å². The van der Waals surface area contributed by atoms with E-state index in [1.165, 1.54) is 16.6 Å². The van der Waals surface area contributed by atoms with Crippen LogP contribution in [-0.4, -0.2) is 44.8 Å². The standard InChI is InChI=1S/C22H27N3O2/c1-22(27,17-5-9-23-10-6-17)15-25-20-4-3-16(14-26)13-19(20)18-7-11-24(2)12-8-21(18)25/h3-6,9-10,13,26-27H,7-8,11-12,14-15H2,1-2H3. The van der Waals surface area contributed by atoms with E-state index in [1.54, 1.807) is 12.4 Å². The fourth-order valence-electron chi connectivity index (χ4n) is 4.19. The molecule has 3 aromatic rings. The summed E-state index contributed by atoms with van der Waals surface area (Å²) in [5.41, 5.74) is 4.60. The first-order valence-corrected chi connectivity index (χ1v) is 9.55. The van der Waals surface area contributed by atoms with Crippen molar-refractivity contribution in [1.82, 2.24) is 14.5 Å². The van der Waals surface area contributed by atoms with Crippen molar-refractivity contribution in [3.63, 3.8) is 0 Å². The molecule has 1 aliphatic rings. The van der Waals surface area contributed by atoms with Crippen molar-refractivity contribution in [3.8, 4) is 0 Å². The topological polar surface area (TPSA) is 61.5 Å². The summed E-state index contributed by atoms with van der Waals surface area (Å²) in [6.07, 6.45) is 5.39. The van der Waals surface area contributed by atoms with Gasteiger partial charge in [-0.15, -0.1) is 0 Å². The van der Waals surface area contributed by atoms with Gasteiger partial charge in [0.25, 0.3) is 0 Å².